The van der Waals surface area contributed by atoms with Gasteiger partial charge < -0.3 is 10.1 Å². The number of rotatable bonds is 2. The Kier molecular flexibility index (Phi) is 3.82. The van der Waals surface area contributed by atoms with Crippen LogP contribution in [0.5, 0.6) is 0 Å². The van der Waals surface area contributed by atoms with E-state index in [0.717, 1.165) is 31.6 Å². The van der Waals surface area contributed by atoms with Gasteiger partial charge in [0.1, 0.15) is 0 Å². The lowest BCUT2D eigenvalue weighted by molar-refractivity contribution is 0.0449. The Bertz CT molecular complexity index is 158. The highest BCUT2D eigenvalue weighted by atomic mass is 16.5. The second-order valence-electron chi connectivity index (χ2n) is 4.82. The van der Waals surface area contributed by atoms with Gasteiger partial charge in [-0.3, -0.25) is 0 Å². The molecule has 0 spiro atoms. The first kappa shape index (κ1) is 10.4. The minimum atomic E-state index is 0.654. The van der Waals surface area contributed by atoms with E-state index in [9.17, 15) is 0 Å². The molecule has 1 atom stereocenters. The molecule has 0 aromatic heterocycles. The summed E-state index contributed by atoms with van der Waals surface area (Å²) in [5, 5.41) is 3.60. The molecule has 1 saturated heterocycles. The second kappa shape index (κ2) is 5.13. The van der Waals surface area contributed by atoms with Gasteiger partial charge in [0.25, 0.3) is 0 Å². The van der Waals surface area contributed by atoms with Crippen LogP contribution in [0, 0.1) is 11.8 Å². The van der Waals surface area contributed by atoms with Gasteiger partial charge in [0.2, 0.25) is 0 Å². The van der Waals surface area contributed by atoms with Gasteiger partial charge in [-0.2, -0.15) is 0 Å². The van der Waals surface area contributed by atoms with Crippen molar-refractivity contribution in [1.82, 2.24) is 5.32 Å². The van der Waals surface area contributed by atoms with Gasteiger partial charge in [-0.1, -0.05) is 26.2 Å². The average molecular weight is 197 g/mol. The summed E-state index contributed by atoms with van der Waals surface area (Å²) in [5.41, 5.74) is 0. The zero-order chi connectivity index (χ0) is 9.80. The fourth-order valence-electron chi connectivity index (χ4n) is 2.89. The molecule has 0 aromatic rings. The van der Waals surface area contributed by atoms with Crippen LogP contribution in [-0.2, 0) is 4.74 Å². The summed E-state index contributed by atoms with van der Waals surface area (Å²) < 4.78 is 5.53. The van der Waals surface area contributed by atoms with Crippen LogP contribution in [0.2, 0.25) is 0 Å². The van der Waals surface area contributed by atoms with Gasteiger partial charge in [-0.15, -0.1) is 0 Å². The molecule has 82 valence electrons. The van der Waals surface area contributed by atoms with Gasteiger partial charge in [-0.25, -0.2) is 0 Å². The summed E-state index contributed by atoms with van der Waals surface area (Å²) in [4.78, 5) is 0. The van der Waals surface area contributed by atoms with Crippen LogP contribution in [0.1, 0.15) is 39.0 Å². The Balaban J connectivity index is 1.76. The predicted molar refractivity (Wildman–Crippen MR) is 58.3 cm³/mol. The van der Waals surface area contributed by atoms with Crippen LogP contribution in [0.15, 0.2) is 0 Å². The van der Waals surface area contributed by atoms with Gasteiger partial charge in [0.15, 0.2) is 0 Å². The van der Waals surface area contributed by atoms with Crippen molar-refractivity contribution in [3.63, 3.8) is 0 Å². The first-order chi connectivity index (χ1) is 6.90. The molecule has 0 radical (unpaired) electrons. The lowest BCUT2D eigenvalue weighted by Crippen LogP contribution is -2.46. The maximum Gasteiger partial charge on any atom is 0.0622 e. The molecule has 1 aliphatic carbocycles. The van der Waals surface area contributed by atoms with Crippen LogP contribution in [0.25, 0.3) is 0 Å². The molecule has 2 aliphatic rings. The Labute approximate surface area is 87.4 Å². The van der Waals surface area contributed by atoms with Crippen LogP contribution >= 0.6 is 0 Å². The van der Waals surface area contributed by atoms with E-state index in [1.54, 1.807) is 0 Å². The van der Waals surface area contributed by atoms with Gasteiger partial charge in [0.05, 0.1) is 13.2 Å². The first-order valence-electron chi connectivity index (χ1n) is 6.21. The van der Waals surface area contributed by atoms with Crippen LogP contribution in [0.3, 0.4) is 0 Å². The molecule has 1 N–H and O–H groups in total. The number of morpholine rings is 1. The molecule has 1 saturated carbocycles. The van der Waals surface area contributed by atoms with E-state index in [0.29, 0.717) is 6.04 Å². The lowest BCUT2D eigenvalue weighted by atomic mass is 9.77. The topological polar surface area (TPSA) is 21.3 Å². The standard InChI is InChI=1S/C12H23NO/c1-2-10-3-5-11(6-4-10)12-9-14-8-7-13-12/h10-13H,2-9H2,1H3. The molecule has 1 aliphatic heterocycles. The van der Waals surface area contributed by atoms with Crippen molar-refractivity contribution >= 4 is 0 Å². The monoisotopic (exact) mass is 197 g/mol. The average Bonchev–Trinajstić information content (AvgIpc) is 2.30. The molecule has 0 bridgehead atoms. The van der Waals surface area contributed by atoms with E-state index in [1.165, 1.54) is 32.1 Å². The summed E-state index contributed by atoms with van der Waals surface area (Å²) in [5.74, 6) is 1.90. The van der Waals surface area contributed by atoms with Gasteiger partial charge >= 0.3 is 0 Å². The van der Waals surface area contributed by atoms with Crippen molar-refractivity contribution in [3.8, 4) is 0 Å². The molecule has 1 heterocycles. The Morgan fingerprint density at radius 1 is 1.21 bits per heavy atom. The summed E-state index contributed by atoms with van der Waals surface area (Å²) >= 11 is 0. The summed E-state index contributed by atoms with van der Waals surface area (Å²) in [6, 6.07) is 0.654. The minimum Gasteiger partial charge on any atom is -0.379 e. The number of hydrogen-bond donors (Lipinski definition) is 1. The zero-order valence-corrected chi connectivity index (χ0v) is 9.30. The molecule has 14 heavy (non-hydrogen) atoms. The van der Waals surface area contributed by atoms with Crippen molar-refractivity contribution < 1.29 is 4.74 Å². The third-order valence-electron chi connectivity index (χ3n) is 3.99. The van der Waals surface area contributed by atoms with Crippen molar-refractivity contribution in [1.29, 1.82) is 0 Å². The molecule has 0 aromatic carbocycles. The Morgan fingerprint density at radius 2 is 2.00 bits per heavy atom. The first-order valence-corrected chi connectivity index (χ1v) is 6.21. The zero-order valence-electron chi connectivity index (χ0n) is 9.30. The van der Waals surface area contributed by atoms with E-state index in [2.05, 4.69) is 12.2 Å². The number of ether oxygens (including phenoxy) is 1. The third-order valence-corrected chi connectivity index (χ3v) is 3.99. The number of hydrogen-bond acceptors (Lipinski definition) is 2. The summed E-state index contributed by atoms with van der Waals surface area (Å²) in [7, 11) is 0. The van der Waals surface area contributed by atoms with Crippen LogP contribution in [0.4, 0.5) is 0 Å². The SMILES string of the molecule is CCC1CCC(C2COCCN2)CC1. The molecule has 2 fully saturated rings. The van der Waals surface area contributed by atoms with Crippen molar-refractivity contribution in [3.05, 3.63) is 0 Å². The Morgan fingerprint density at radius 3 is 2.57 bits per heavy atom. The number of nitrogens with one attached hydrogen (secondary N) is 1. The van der Waals surface area contributed by atoms with E-state index in [-0.39, 0.29) is 0 Å². The maximum atomic E-state index is 5.53. The highest BCUT2D eigenvalue weighted by Crippen LogP contribution is 2.32. The van der Waals surface area contributed by atoms with E-state index >= 15 is 0 Å². The molecule has 1 unspecified atom stereocenters. The fraction of sp³-hybridized carbons (Fsp3) is 1.00. The largest absolute Gasteiger partial charge is 0.379 e. The van der Waals surface area contributed by atoms with E-state index in [1.807, 2.05) is 0 Å². The second-order valence-corrected chi connectivity index (χ2v) is 4.82. The van der Waals surface area contributed by atoms with Gasteiger partial charge in [-0.05, 0) is 24.7 Å². The van der Waals surface area contributed by atoms with Crippen molar-refractivity contribution in [2.75, 3.05) is 19.8 Å². The highest BCUT2D eigenvalue weighted by Gasteiger charge is 2.27. The summed E-state index contributed by atoms with van der Waals surface area (Å²) in [6.45, 7) is 5.23. The van der Waals surface area contributed by atoms with Crippen LogP contribution in [-0.4, -0.2) is 25.8 Å². The summed E-state index contributed by atoms with van der Waals surface area (Å²) in [6.07, 6.45) is 7.10. The van der Waals surface area contributed by atoms with Crippen molar-refractivity contribution in [2.45, 2.75) is 45.1 Å². The Hall–Kier alpha value is -0.0800. The molecule has 0 amide bonds. The third kappa shape index (κ3) is 2.48. The molecular formula is C12H23NO. The normalized spacial score (nSPS) is 39.6. The van der Waals surface area contributed by atoms with E-state index in [4.69, 9.17) is 4.74 Å². The van der Waals surface area contributed by atoms with Crippen molar-refractivity contribution in [2.24, 2.45) is 11.8 Å². The molecule has 2 nitrogen and oxygen atoms in total. The lowest BCUT2D eigenvalue weighted by Gasteiger charge is -2.36. The van der Waals surface area contributed by atoms with Crippen LogP contribution < -0.4 is 5.32 Å². The molecule has 2 rings (SSSR count). The molecular weight excluding hydrogens is 174 g/mol. The van der Waals surface area contributed by atoms with Gasteiger partial charge in [0, 0.05) is 12.6 Å². The van der Waals surface area contributed by atoms with E-state index < -0.39 is 0 Å². The highest BCUT2D eigenvalue weighted by molar-refractivity contribution is 4.83. The quantitative estimate of drug-likeness (QED) is 0.732. The minimum absolute atomic E-state index is 0.654. The fourth-order valence-corrected chi connectivity index (χ4v) is 2.89. The maximum absolute atomic E-state index is 5.53. The smallest absolute Gasteiger partial charge is 0.0622 e. The predicted octanol–water partition coefficient (Wildman–Crippen LogP) is 2.19. The molecule has 2 heteroatoms.